The maximum Gasteiger partial charge on any atom is 0.258 e. The zero-order valence-electron chi connectivity index (χ0n) is 12.2. The van der Waals surface area contributed by atoms with Crippen LogP contribution in [0.5, 0.6) is 5.75 Å². The molecule has 2 aromatic rings. The first-order chi connectivity index (χ1) is 10.7. The Labute approximate surface area is 129 Å². The molecule has 1 fully saturated rings. The van der Waals surface area contributed by atoms with E-state index in [1.54, 1.807) is 12.1 Å². The quantitative estimate of drug-likeness (QED) is 0.887. The number of amides is 1. The highest BCUT2D eigenvalue weighted by atomic mass is 19.1. The van der Waals surface area contributed by atoms with Gasteiger partial charge in [0.1, 0.15) is 0 Å². The molecule has 1 atom stereocenters. The van der Waals surface area contributed by atoms with E-state index in [-0.39, 0.29) is 24.3 Å². The Balaban J connectivity index is 1.59. The number of hydrogen-bond donors (Lipinski definition) is 1. The maximum absolute atomic E-state index is 13.4. The Bertz CT molecular complexity index is 641. The minimum absolute atomic E-state index is 0.0120. The van der Waals surface area contributed by atoms with Gasteiger partial charge in [-0.1, -0.05) is 42.5 Å². The predicted molar refractivity (Wildman–Crippen MR) is 81.9 cm³/mol. The lowest BCUT2D eigenvalue weighted by molar-refractivity contribution is -0.124. The third kappa shape index (κ3) is 3.64. The first-order valence-electron chi connectivity index (χ1n) is 7.45. The Morgan fingerprint density at radius 1 is 1.14 bits per heavy atom. The van der Waals surface area contributed by atoms with Crippen LogP contribution in [-0.4, -0.2) is 12.5 Å². The van der Waals surface area contributed by atoms with Gasteiger partial charge in [-0.3, -0.25) is 4.79 Å². The van der Waals surface area contributed by atoms with Crippen LogP contribution >= 0.6 is 0 Å². The number of carbonyl (C=O) groups is 1. The molecule has 1 saturated carbocycles. The lowest BCUT2D eigenvalue weighted by Crippen LogP contribution is -2.33. The van der Waals surface area contributed by atoms with Gasteiger partial charge in [-0.15, -0.1) is 0 Å². The van der Waals surface area contributed by atoms with Crippen LogP contribution in [0.3, 0.4) is 0 Å². The van der Waals surface area contributed by atoms with E-state index in [0.29, 0.717) is 5.92 Å². The molecular weight excluding hydrogens is 281 g/mol. The molecule has 0 radical (unpaired) electrons. The topological polar surface area (TPSA) is 38.3 Å². The molecule has 0 saturated heterocycles. The van der Waals surface area contributed by atoms with Crippen LogP contribution in [-0.2, 0) is 4.79 Å². The molecule has 22 heavy (non-hydrogen) atoms. The molecule has 1 N–H and O–H groups in total. The Kier molecular flexibility index (Phi) is 4.37. The molecule has 0 unspecified atom stereocenters. The third-order valence-corrected chi connectivity index (χ3v) is 3.76. The summed E-state index contributed by atoms with van der Waals surface area (Å²) in [5.41, 5.74) is 1.10. The van der Waals surface area contributed by atoms with Gasteiger partial charge in [0.25, 0.3) is 5.91 Å². The molecule has 2 aromatic carbocycles. The summed E-state index contributed by atoms with van der Waals surface area (Å²) in [6.45, 7) is -0.184. The molecule has 1 aliphatic rings. The van der Waals surface area contributed by atoms with Crippen molar-refractivity contribution in [3.05, 3.63) is 66.0 Å². The molecule has 0 bridgehead atoms. The summed E-state index contributed by atoms with van der Waals surface area (Å²) in [7, 11) is 0. The second-order valence-corrected chi connectivity index (χ2v) is 5.51. The zero-order chi connectivity index (χ0) is 15.4. The molecule has 1 aliphatic carbocycles. The van der Waals surface area contributed by atoms with Gasteiger partial charge in [0.2, 0.25) is 0 Å². The van der Waals surface area contributed by atoms with E-state index >= 15 is 0 Å². The number of rotatable bonds is 6. The van der Waals surface area contributed by atoms with Crippen LogP contribution in [0.15, 0.2) is 54.6 Å². The standard InChI is InChI=1S/C18H18FNO2/c19-15-8-4-5-9-16(15)22-12-17(21)20-18(14-10-11-14)13-6-2-1-3-7-13/h1-9,14,18H,10-12H2,(H,20,21)/t18-/m0/s1. The van der Waals surface area contributed by atoms with Gasteiger partial charge in [0, 0.05) is 0 Å². The predicted octanol–water partition coefficient (Wildman–Crippen LogP) is 3.47. The minimum atomic E-state index is -0.461. The van der Waals surface area contributed by atoms with Gasteiger partial charge in [0.05, 0.1) is 6.04 Å². The van der Waals surface area contributed by atoms with Crippen molar-refractivity contribution < 1.29 is 13.9 Å². The molecule has 0 heterocycles. The average molecular weight is 299 g/mol. The van der Waals surface area contributed by atoms with Crippen molar-refractivity contribution in [3.8, 4) is 5.75 Å². The Morgan fingerprint density at radius 3 is 2.50 bits per heavy atom. The number of halogens is 1. The maximum atomic E-state index is 13.4. The molecule has 3 rings (SSSR count). The van der Waals surface area contributed by atoms with Gasteiger partial charge in [-0.25, -0.2) is 4.39 Å². The largest absolute Gasteiger partial charge is 0.481 e. The van der Waals surface area contributed by atoms with E-state index in [1.165, 1.54) is 12.1 Å². The number of nitrogens with one attached hydrogen (secondary N) is 1. The van der Waals surface area contributed by atoms with Crippen LogP contribution in [0.1, 0.15) is 24.4 Å². The molecule has 114 valence electrons. The van der Waals surface area contributed by atoms with E-state index in [2.05, 4.69) is 5.32 Å². The number of carbonyl (C=O) groups excluding carboxylic acids is 1. The molecule has 4 heteroatoms. The first-order valence-corrected chi connectivity index (χ1v) is 7.45. The van der Waals surface area contributed by atoms with Crippen LogP contribution in [0, 0.1) is 11.7 Å². The molecule has 1 amide bonds. The van der Waals surface area contributed by atoms with Gasteiger partial charge >= 0.3 is 0 Å². The summed E-state index contributed by atoms with van der Waals surface area (Å²) in [5.74, 6) is -0.110. The molecule has 3 nitrogen and oxygen atoms in total. The monoisotopic (exact) mass is 299 g/mol. The second kappa shape index (κ2) is 6.60. The highest BCUT2D eigenvalue weighted by Gasteiger charge is 2.33. The van der Waals surface area contributed by atoms with Crippen molar-refractivity contribution in [2.75, 3.05) is 6.61 Å². The summed E-state index contributed by atoms with van der Waals surface area (Å²) >= 11 is 0. The highest BCUT2D eigenvalue weighted by molar-refractivity contribution is 5.78. The van der Waals surface area contributed by atoms with Crippen molar-refractivity contribution >= 4 is 5.91 Å². The summed E-state index contributed by atoms with van der Waals surface area (Å²) in [6, 6.07) is 16.0. The number of para-hydroxylation sites is 1. The van der Waals surface area contributed by atoms with Gasteiger partial charge in [-0.2, -0.15) is 0 Å². The Hall–Kier alpha value is -2.36. The lowest BCUT2D eigenvalue weighted by atomic mass is 10.0. The van der Waals surface area contributed by atoms with Crippen LogP contribution in [0.25, 0.3) is 0 Å². The first kappa shape index (κ1) is 14.6. The summed E-state index contributed by atoms with van der Waals surface area (Å²) < 4.78 is 18.7. The van der Waals surface area contributed by atoms with Crippen LogP contribution in [0.2, 0.25) is 0 Å². The molecule has 0 spiro atoms. The lowest BCUT2D eigenvalue weighted by Gasteiger charge is -2.19. The number of hydrogen-bond acceptors (Lipinski definition) is 2. The zero-order valence-corrected chi connectivity index (χ0v) is 12.2. The third-order valence-electron chi connectivity index (χ3n) is 3.76. The average Bonchev–Trinajstić information content (AvgIpc) is 3.37. The smallest absolute Gasteiger partial charge is 0.258 e. The fraction of sp³-hybridized carbons (Fsp3) is 0.278. The van der Waals surface area contributed by atoms with Gasteiger partial charge < -0.3 is 10.1 Å². The minimum Gasteiger partial charge on any atom is -0.481 e. The SMILES string of the molecule is O=C(COc1ccccc1F)N[C@@H](c1ccccc1)C1CC1. The van der Waals surface area contributed by atoms with Gasteiger partial charge in [0.15, 0.2) is 18.2 Å². The Morgan fingerprint density at radius 2 is 1.82 bits per heavy atom. The van der Waals surface area contributed by atoms with Crippen molar-refractivity contribution in [1.29, 1.82) is 0 Å². The van der Waals surface area contributed by atoms with Crippen molar-refractivity contribution in [1.82, 2.24) is 5.32 Å². The van der Waals surface area contributed by atoms with E-state index in [4.69, 9.17) is 4.74 Å². The molecule has 0 aromatic heterocycles. The van der Waals surface area contributed by atoms with E-state index < -0.39 is 5.82 Å². The van der Waals surface area contributed by atoms with Crippen molar-refractivity contribution in [2.24, 2.45) is 5.92 Å². The molecule has 0 aliphatic heterocycles. The van der Waals surface area contributed by atoms with Crippen LogP contribution in [0.4, 0.5) is 4.39 Å². The van der Waals surface area contributed by atoms with Crippen molar-refractivity contribution in [3.63, 3.8) is 0 Å². The highest BCUT2D eigenvalue weighted by Crippen LogP contribution is 2.40. The van der Waals surface area contributed by atoms with Gasteiger partial charge in [-0.05, 0) is 36.5 Å². The normalized spacial score (nSPS) is 15.1. The number of ether oxygens (including phenoxy) is 1. The van der Waals surface area contributed by atoms with Crippen LogP contribution < -0.4 is 10.1 Å². The van der Waals surface area contributed by atoms with E-state index in [0.717, 1.165) is 18.4 Å². The fourth-order valence-electron chi connectivity index (χ4n) is 2.48. The summed E-state index contributed by atoms with van der Waals surface area (Å²) in [4.78, 5) is 12.1. The molecular formula is C18H18FNO2. The van der Waals surface area contributed by atoms with E-state index in [9.17, 15) is 9.18 Å². The summed E-state index contributed by atoms with van der Waals surface area (Å²) in [6.07, 6.45) is 2.24. The number of benzene rings is 2. The van der Waals surface area contributed by atoms with E-state index in [1.807, 2.05) is 30.3 Å². The van der Waals surface area contributed by atoms with Crippen molar-refractivity contribution in [2.45, 2.75) is 18.9 Å². The summed E-state index contributed by atoms with van der Waals surface area (Å²) in [5, 5.41) is 3.00. The fourth-order valence-corrected chi connectivity index (χ4v) is 2.48. The second-order valence-electron chi connectivity index (χ2n) is 5.51.